The SMILES string of the molecule is CC(O)(CCc1ccccc1)CNS(=O)(=O)c1ccc(F)cc1. The van der Waals surface area contributed by atoms with E-state index in [-0.39, 0.29) is 11.4 Å². The molecule has 23 heavy (non-hydrogen) atoms. The Morgan fingerprint density at radius 3 is 2.30 bits per heavy atom. The molecule has 0 aliphatic rings. The number of aliphatic hydroxyl groups is 1. The molecular weight excluding hydrogens is 317 g/mol. The Morgan fingerprint density at radius 1 is 1.09 bits per heavy atom. The molecule has 0 heterocycles. The summed E-state index contributed by atoms with van der Waals surface area (Å²) >= 11 is 0. The minimum absolute atomic E-state index is 0.0299. The van der Waals surface area contributed by atoms with Crippen LogP contribution in [0.1, 0.15) is 18.9 Å². The van der Waals surface area contributed by atoms with Gasteiger partial charge >= 0.3 is 0 Å². The monoisotopic (exact) mass is 337 g/mol. The highest BCUT2D eigenvalue weighted by Gasteiger charge is 2.24. The van der Waals surface area contributed by atoms with Gasteiger partial charge in [0.25, 0.3) is 0 Å². The van der Waals surface area contributed by atoms with Crippen molar-refractivity contribution in [2.45, 2.75) is 30.3 Å². The van der Waals surface area contributed by atoms with Crippen LogP contribution in [0.4, 0.5) is 4.39 Å². The van der Waals surface area contributed by atoms with E-state index in [1.807, 2.05) is 30.3 Å². The van der Waals surface area contributed by atoms with Crippen molar-refractivity contribution in [2.75, 3.05) is 6.54 Å². The molecule has 1 unspecified atom stereocenters. The summed E-state index contributed by atoms with van der Waals surface area (Å²) in [7, 11) is -3.77. The van der Waals surface area contributed by atoms with Crippen molar-refractivity contribution in [1.29, 1.82) is 0 Å². The lowest BCUT2D eigenvalue weighted by Gasteiger charge is -2.23. The highest BCUT2D eigenvalue weighted by molar-refractivity contribution is 7.89. The highest BCUT2D eigenvalue weighted by Crippen LogP contribution is 2.15. The average Bonchev–Trinajstić information content (AvgIpc) is 2.53. The lowest BCUT2D eigenvalue weighted by Crippen LogP contribution is -2.40. The molecule has 2 aromatic carbocycles. The zero-order valence-electron chi connectivity index (χ0n) is 12.9. The normalized spacial score (nSPS) is 14.4. The number of aryl methyl sites for hydroxylation is 1. The maximum absolute atomic E-state index is 12.9. The zero-order valence-corrected chi connectivity index (χ0v) is 13.7. The maximum Gasteiger partial charge on any atom is 0.240 e. The van der Waals surface area contributed by atoms with Crippen LogP contribution < -0.4 is 4.72 Å². The molecule has 0 spiro atoms. The van der Waals surface area contributed by atoms with Crippen LogP contribution in [-0.4, -0.2) is 25.7 Å². The minimum Gasteiger partial charge on any atom is -0.389 e. The van der Waals surface area contributed by atoms with Crippen molar-refractivity contribution < 1.29 is 17.9 Å². The molecule has 124 valence electrons. The topological polar surface area (TPSA) is 66.4 Å². The molecule has 0 aliphatic carbocycles. The summed E-state index contributed by atoms with van der Waals surface area (Å²) in [5.74, 6) is -0.501. The van der Waals surface area contributed by atoms with Gasteiger partial charge in [-0.2, -0.15) is 0 Å². The van der Waals surface area contributed by atoms with Crippen molar-refractivity contribution in [3.8, 4) is 0 Å². The third kappa shape index (κ3) is 5.42. The van der Waals surface area contributed by atoms with Gasteiger partial charge in [-0.05, 0) is 49.6 Å². The van der Waals surface area contributed by atoms with Gasteiger partial charge < -0.3 is 5.11 Å². The van der Waals surface area contributed by atoms with Gasteiger partial charge in [0, 0.05) is 6.54 Å². The van der Waals surface area contributed by atoms with Gasteiger partial charge in [0.15, 0.2) is 0 Å². The van der Waals surface area contributed by atoms with Crippen LogP contribution in [0.25, 0.3) is 0 Å². The predicted octanol–water partition coefficient (Wildman–Crippen LogP) is 2.49. The van der Waals surface area contributed by atoms with E-state index in [9.17, 15) is 17.9 Å². The van der Waals surface area contributed by atoms with Crippen LogP contribution in [0.3, 0.4) is 0 Å². The van der Waals surface area contributed by atoms with Gasteiger partial charge in [-0.15, -0.1) is 0 Å². The minimum atomic E-state index is -3.77. The summed E-state index contributed by atoms with van der Waals surface area (Å²) in [6.45, 7) is 1.47. The fourth-order valence-corrected chi connectivity index (χ4v) is 3.26. The number of halogens is 1. The van der Waals surface area contributed by atoms with Crippen molar-refractivity contribution in [3.05, 3.63) is 66.0 Å². The molecule has 2 rings (SSSR count). The number of rotatable bonds is 7. The summed E-state index contributed by atoms with van der Waals surface area (Å²) in [6, 6.07) is 14.2. The van der Waals surface area contributed by atoms with Crippen LogP contribution >= 0.6 is 0 Å². The van der Waals surface area contributed by atoms with Gasteiger partial charge in [0.1, 0.15) is 5.82 Å². The summed E-state index contributed by atoms with van der Waals surface area (Å²) in [5, 5.41) is 10.3. The van der Waals surface area contributed by atoms with Gasteiger partial charge in [-0.25, -0.2) is 17.5 Å². The Morgan fingerprint density at radius 2 is 1.70 bits per heavy atom. The number of nitrogens with one attached hydrogen (secondary N) is 1. The number of benzene rings is 2. The number of hydrogen-bond acceptors (Lipinski definition) is 3. The van der Waals surface area contributed by atoms with E-state index in [1.165, 1.54) is 12.1 Å². The van der Waals surface area contributed by atoms with Crippen molar-refractivity contribution >= 4 is 10.0 Å². The van der Waals surface area contributed by atoms with E-state index >= 15 is 0 Å². The number of hydrogen-bond donors (Lipinski definition) is 2. The van der Waals surface area contributed by atoms with Crippen LogP contribution in [-0.2, 0) is 16.4 Å². The first kappa shape index (κ1) is 17.6. The Balaban J connectivity index is 1.93. The van der Waals surface area contributed by atoms with Crippen LogP contribution in [0.15, 0.2) is 59.5 Å². The summed E-state index contributed by atoms with van der Waals surface area (Å²) in [6.07, 6.45) is 1.06. The Bertz CT molecular complexity index is 728. The number of sulfonamides is 1. The predicted molar refractivity (Wildman–Crippen MR) is 87.0 cm³/mol. The first-order chi connectivity index (χ1) is 10.8. The van der Waals surface area contributed by atoms with Gasteiger partial charge in [-0.3, -0.25) is 0 Å². The molecule has 2 aromatic rings. The Hall–Kier alpha value is -1.76. The molecule has 0 amide bonds. The lowest BCUT2D eigenvalue weighted by atomic mass is 9.97. The second kappa shape index (κ2) is 7.21. The highest BCUT2D eigenvalue weighted by atomic mass is 32.2. The van der Waals surface area contributed by atoms with Gasteiger partial charge in [0.2, 0.25) is 10.0 Å². The fourth-order valence-electron chi connectivity index (χ4n) is 2.09. The van der Waals surface area contributed by atoms with Crippen LogP contribution in [0.5, 0.6) is 0 Å². The molecule has 0 aliphatic heterocycles. The zero-order chi connectivity index (χ0) is 16.9. The second-order valence-electron chi connectivity index (χ2n) is 5.76. The van der Waals surface area contributed by atoms with Crippen LogP contribution in [0, 0.1) is 5.82 Å². The standard InChI is InChI=1S/C17H20FNO3S/c1-17(20,12-11-14-5-3-2-4-6-14)13-19-23(21,22)16-9-7-15(18)8-10-16/h2-10,19-20H,11-13H2,1H3. The Labute approximate surface area is 136 Å². The lowest BCUT2D eigenvalue weighted by molar-refractivity contribution is 0.0565. The third-order valence-electron chi connectivity index (χ3n) is 3.56. The molecule has 1 atom stereocenters. The molecule has 0 fully saturated rings. The van der Waals surface area contributed by atoms with E-state index in [2.05, 4.69) is 4.72 Å². The second-order valence-corrected chi connectivity index (χ2v) is 7.53. The van der Waals surface area contributed by atoms with E-state index in [0.717, 1.165) is 17.7 Å². The maximum atomic E-state index is 12.9. The van der Waals surface area contributed by atoms with Gasteiger partial charge in [-0.1, -0.05) is 30.3 Å². The largest absolute Gasteiger partial charge is 0.389 e. The summed E-state index contributed by atoms with van der Waals surface area (Å²) < 4.78 is 39.5. The van der Waals surface area contributed by atoms with E-state index < -0.39 is 21.4 Å². The molecule has 0 saturated carbocycles. The molecule has 0 radical (unpaired) electrons. The third-order valence-corrected chi connectivity index (χ3v) is 4.98. The average molecular weight is 337 g/mol. The van der Waals surface area contributed by atoms with Crippen molar-refractivity contribution in [1.82, 2.24) is 4.72 Å². The molecule has 0 bridgehead atoms. The van der Waals surface area contributed by atoms with E-state index in [0.29, 0.717) is 12.8 Å². The van der Waals surface area contributed by atoms with E-state index in [1.54, 1.807) is 6.92 Å². The molecule has 0 saturated heterocycles. The summed E-state index contributed by atoms with van der Waals surface area (Å²) in [4.78, 5) is -0.0299. The molecule has 6 heteroatoms. The fraction of sp³-hybridized carbons (Fsp3) is 0.294. The molecule has 0 aromatic heterocycles. The first-order valence-electron chi connectivity index (χ1n) is 7.30. The molecule has 2 N–H and O–H groups in total. The molecular formula is C17H20FNO3S. The smallest absolute Gasteiger partial charge is 0.240 e. The van der Waals surface area contributed by atoms with Crippen LogP contribution in [0.2, 0.25) is 0 Å². The van der Waals surface area contributed by atoms with Gasteiger partial charge in [0.05, 0.1) is 10.5 Å². The summed E-state index contributed by atoms with van der Waals surface area (Å²) in [5.41, 5.74) is -0.0997. The Kier molecular flexibility index (Phi) is 5.51. The quantitative estimate of drug-likeness (QED) is 0.816. The molecule has 4 nitrogen and oxygen atoms in total. The van der Waals surface area contributed by atoms with E-state index in [4.69, 9.17) is 0 Å². The first-order valence-corrected chi connectivity index (χ1v) is 8.78. The van der Waals surface area contributed by atoms with Crippen molar-refractivity contribution in [2.24, 2.45) is 0 Å². The van der Waals surface area contributed by atoms with Crippen molar-refractivity contribution in [3.63, 3.8) is 0 Å².